The van der Waals surface area contributed by atoms with Crippen LogP contribution in [0.25, 0.3) is 0 Å². The summed E-state index contributed by atoms with van der Waals surface area (Å²) in [4.78, 5) is 0. The highest BCUT2D eigenvalue weighted by atomic mass is 32.2. The summed E-state index contributed by atoms with van der Waals surface area (Å²) in [6, 6.07) is 7.66. The summed E-state index contributed by atoms with van der Waals surface area (Å²) in [5.74, 6) is 0.0545. The topological polar surface area (TPSA) is 58.2 Å². The lowest BCUT2D eigenvalue weighted by atomic mass is 10.1. The summed E-state index contributed by atoms with van der Waals surface area (Å²) in [6.07, 6.45) is 3.05. The summed E-state index contributed by atoms with van der Waals surface area (Å²) in [6.45, 7) is 3.43. The fourth-order valence-corrected chi connectivity index (χ4v) is 3.02. The molecule has 108 valence electrons. The molecule has 2 N–H and O–H groups in total. The van der Waals surface area contributed by atoms with E-state index in [1.54, 1.807) is 0 Å². The highest BCUT2D eigenvalue weighted by molar-refractivity contribution is 7.88. The molecular formula is C14H24N2O2S. The molecule has 0 radical (unpaired) electrons. The number of sulfonamides is 1. The molecule has 19 heavy (non-hydrogen) atoms. The van der Waals surface area contributed by atoms with Gasteiger partial charge < -0.3 is 5.32 Å². The summed E-state index contributed by atoms with van der Waals surface area (Å²) < 4.78 is 26.3. The van der Waals surface area contributed by atoms with E-state index in [1.165, 1.54) is 0 Å². The molecule has 0 heterocycles. The second-order valence-corrected chi connectivity index (χ2v) is 6.51. The Balaban J connectivity index is 2.48. The zero-order valence-corrected chi connectivity index (χ0v) is 12.6. The van der Waals surface area contributed by atoms with Crippen molar-refractivity contribution in [3.05, 3.63) is 35.4 Å². The van der Waals surface area contributed by atoms with Gasteiger partial charge >= 0.3 is 0 Å². The number of nitrogens with one attached hydrogen (secondary N) is 2. The van der Waals surface area contributed by atoms with Crippen LogP contribution in [0.2, 0.25) is 0 Å². The minimum atomic E-state index is -3.21. The van der Waals surface area contributed by atoms with Gasteiger partial charge in [-0.2, -0.15) is 0 Å². The molecule has 0 unspecified atom stereocenters. The van der Waals surface area contributed by atoms with Gasteiger partial charge in [-0.05, 0) is 24.6 Å². The van der Waals surface area contributed by atoms with Crippen LogP contribution in [0.4, 0.5) is 0 Å². The Morgan fingerprint density at radius 3 is 2.26 bits per heavy atom. The van der Waals surface area contributed by atoms with Gasteiger partial charge in [0.1, 0.15) is 0 Å². The lowest BCUT2D eigenvalue weighted by Crippen LogP contribution is -2.26. The fraction of sp³-hybridized carbons (Fsp3) is 0.571. The Morgan fingerprint density at radius 2 is 1.68 bits per heavy atom. The molecule has 0 amide bonds. The third-order valence-electron chi connectivity index (χ3n) is 2.86. The van der Waals surface area contributed by atoms with Crippen molar-refractivity contribution in [2.75, 3.05) is 13.6 Å². The summed E-state index contributed by atoms with van der Waals surface area (Å²) in [5, 5.41) is 3.06. The van der Waals surface area contributed by atoms with Gasteiger partial charge in [0.2, 0.25) is 10.0 Å². The van der Waals surface area contributed by atoms with Crippen LogP contribution in [0, 0.1) is 0 Å². The highest BCUT2D eigenvalue weighted by Gasteiger charge is 2.10. The molecule has 0 spiro atoms. The van der Waals surface area contributed by atoms with Crippen molar-refractivity contribution in [3.63, 3.8) is 0 Å². The number of rotatable bonds is 9. The largest absolute Gasteiger partial charge is 0.316 e. The Morgan fingerprint density at radius 1 is 1.05 bits per heavy atom. The second-order valence-electron chi connectivity index (χ2n) is 4.71. The second kappa shape index (κ2) is 8.30. The van der Waals surface area contributed by atoms with Crippen LogP contribution in [-0.2, 0) is 22.3 Å². The summed E-state index contributed by atoms with van der Waals surface area (Å²) in [5.41, 5.74) is 1.97. The maximum absolute atomic E-state index is 11.9. The molecule has 1 aromatic carbocycles. The standard InChI is InChI=1S/C14H24N2O2S/c1-3-4-5-10-16-19(17,18)12-14-8-6-13(7-9-14)11-15-2/h6-9,15-16H,3-5,10-12H2,1-2H3. The SMILES string of the molecule is CCCCCNS(=O)(=O)Cc1ccc(CNC)cc1. The first-order valence-corrected chi connectivity index (χ1v) is 8.42. The van der Waals surface area contributed by atoms with Gasteiger partial charge in [0, 0.05) is 13.1 Å². The highest BCUT2D eigenvalue weighted by Crippen LogP contribution is 2.08. The minimum Gasteiger partial charge on any atom is -0.316 e. The molecule has 0 aliphatic rings. The first-order chi connectivity index (χ1) is 9.07. The average Bonchev–Trinajstić information content (AvgIpc) is 2.37. The predicted octanol–water partition coefficient (Wildman–Crippen LogP) is 2.02. The van der Waals surface area contributed by atoms with Crippen LogP contribution in [0.5, 0.6) is 0 Å². The first-order valence-electron chi connectivity index (χ1n) is 6.77. The maximum Gasteiger partial charge on any atom is 0.215 e. The van der Waals surface area contributed by atoms with Crippen molar-refractivity contribution < 1.29 is 8.42 Å². The fourth-order valence-electron chi connectivity index (χ4n) is 1.83. The van der Waals surface area contributed by atoms with Crippen molar-refractivity contribution in [2.45, 2.75) is 38.5 Å². The van der Waals surface area contributed by atoms with E-state index in [-0.39, 0.29) is 5.75 Å². The van der Waals surface area contributed by atoms with E-state index in [4.69, 9.17) is 0 Å². The lowest BCUT2D eigenvalue weighted by molar-refractivity contribution is 0.575. The molecule has 0 saturated carbocycles. The van der Waals surface area contributed by atoms with Gasteiger partial charge in [0.15, 0.2) is 0 Å². The molecule has 1 rings (SSSR count). The van der Waals surface area contributed by atoms with E-state index in [0.29, 0.717) is 6.54 Å². The molecule has 1 aromatic rings. The van der Waals surface area contributed by atoms with Crippen molar-refractivity contribution in [3.8, 4) is 0 Å². The molecule has 0 atom stereocenters. The van der Waals surface area contributed by atoms with E-state index in [0.717, 1.165) is 36.9 Å². The molecule has 0 aliphatic heterocycles. The van der Waals surface area contributed by atoms with E-state index in [1.807, 2.05) is 31.3 Å². The number of hydrogen-bond acceptors (Lipinski definition) is 3. The van der Waals surface area contributed by atoms with Crippen LogP contribution >= 0.6 is 0 Å². The number of unbranched alkanes of at least 4 members (excludes halogenated alkanes) is 2. The maximum atomic E-state index is 11.9. The van der Waals surface area contributed by atoms with Crippen molar-refractivity contribution in [1.29, 1.82) is 0 Å². The Hall–Kier alpha value is -0.910. The van der Waals surface area contributed by atoms with Gasteiger partial charge in [-0.1, -0.05) is 44.0 Å². The molecule has 0 aromatic heterocycles. The smallest absolute Gasteiger partial charge is 0.215 e. The van der Waals surface area contributed by atoms with E-state index in [2.05, 4.69) is 17.0 Å². The molecule has 4 nitrogen and oxygen atoms in total. The Labute approximate surface area is 116 Å². The van der Waals surface area contributed by atoms with Gasteiger partial charge in [-0.15, -0.1) is 0 Å². The Kier molecular flexibility index (Phi) is 7.05. The third-order valence-corrected chi connectivity index (χ3v) is 4.22. The number of benzene rings is 1. The van der Waals surface area contributed by atoms with Crippen LogP contribution in [0.3, 0.4) is 0 Å². The van der Waals surface area contributed by atoms with Gasteiger partial charge in [-0.25, -0.2) is 13.1 Å². The van der Waals surface area contributed by atoms with E-state index in [9.17, 15) is 8.42 Å². The van der Waals surface area contributed by atoms with E-state index >= 15 is 0 Å². The third kappa shape index (κ3) is 6.71. The molecule has 0 saturated heterocycles. The van der Waals surface area contributed by atoms with Crippen molar-refractivity contribution in [1.82, 2.24) is 10.0 Å². The Bertz CT molecular complexity index is 455. The normalized spacial score (nSPS) is 11.7. The van der Waals surface area contributed by atoms with Crippen LogP contribution in [0.15, 0.2) is 24.3 Å². The zero-order valence-electron chi connectivity index (χ0n) is 11.8. The quantitative estimate of drug-likeness (QED) is 0.682. The van der Waals surface area contributed by atoms with Crippen LogP contribution in [-0.4, -0.2) is 22.0 Å². The minimum absolute atomic E-state index is 0.0545. The molecule has 0 fully saturated rings. The summed E-state index contributed by atoms with van der Waals surface area (Å²) in [7, 11) is -1.32. The van der Waals surface area contributed by atoms with Gasteiger partial charge in [-0.3, -0.25) is 0 Å². The van der Waals surface area contributed by atoms with Gasteiger partial charge in [0.25, 0.3) is 0 Å². The molecule has 0 aliphatic carbocycles. The number of hydrogen-bond donors (Lipinski definition) is 2. The average molecular weight is 284 g/mol. The lowest BCUT2D eigenvalue weighted by Gasteiger charge is -2.07. The first kappa shape index (κ1) is 16.1. The van der Waals surface area contributed by atoms with Crippen LogP contribution in [0.1, 0.15) is 37.3 Å². The van der Waals surface area contributed by atoms with E-state index < -0.39 is 10.0 Å². The monoisotopic (exact) mass is 284 g/mol. The molecular weight excluding hydrogens is 260 g/mol. The van der Waals surface area contributed by atoms with Crippen molar-refractivity contribution in [2.24, 2.45) is 0 Å². The molecule has 5 heteroatoms. The predicted molar refractivity (Wildman–Crippen MR) is 79.4 cm³/mol. The van der Waals surface area contributed by atoms with Gasteiger partial charge in [0.05, 0.1) is 5.75 Å². The molecule has 0 bridgehead atoms. The zero-order chi connectivity index (χ0) is 14.1. The van der Waals surface area contributed by atoms with Crippen LogP contribution < -0.4 is 10.0 Å². The van der Waals surface area contributed by atoms with Crippen molar-refractivity contribution >= 4 is 10.0 Å². The summed E-state index contributed by atoms with van der Waals surface area (Å²) >= 11 is 0.